The third-order valence-electron chi connectivity index (χ3n) is 3.34. The van der Waals surface area contributed by atoms with Crippen molar-refractivity contribution in [2.45, 2.75) is 39.0 Å². The van der Waals surface area contributed by atoms with Gasteiger partial charge in [0.25, 0.3) is 0 Å². The zero-order chi connectivity index (χ0) is 14.2. The van der Waals surface area contributed by atoms with Crippen molar-refractivity contribution in [3.8, 4) is 5.75 Å². The fourth-order valence-corrected chi connectivity index (χ4v) is 3.10. The van der Waals surface area contributed by atoms with Crippen LogP contribution in [-0.4, -0.2) is 10.6 Å². The van der Waals surface area contributed by atoms with Crippen molar-refractivity contribution in [2.24, 2.45) is 0 Å². The lowest BCUT2D eigenvalue weighted by Crippen LogP contribution is -2.24. The van der Waals surface area contributed by atoms with Crippen LogP contribution in [0, 0.1) is 0 Å². The number of hydrogen-bond acceptors (Lipinski definition) is 4. The van der Waals surface area contributed by atoms with E-state index in [2.05, 4.69) is 36.3 Å². The molecule has 2 N–H and O–H groups in total. The second kappa shape index (κ2) is 5.07. The summed E-state index contributed by atoms with van der Waals surface area (Å²) in [5, 5.41) is 5.19. The molecule has 0 spiro atoms. The standard InChI is InChI=1S/C15H18N2O2S/c1-15(2)6-11-5-10(3-4-13(11)19-15)7-16-8-12-9-20-14(18)17-12/h3-5,9,16H,6-8H2,1-2H3,(H,17,18). The van der Waals surface area contributed by atoms with E-state index in [1.165, 1.54) is 22.5 Å². The van der Waals surface area contributed by atoms with Crippen LogP contribution in [0.1, 0.15) is 30.7 Å². The predicted molar refractivity (Wildman–Crippen MR) is 80.3 cm³/mol. The number of H-pyrrole nitrogens is 1. The Hall–Kier alpha value is -1.59. The van der Waals surface area contributed by atoms with Crippen molar-refractivity contribution in [1.82, 2.24) is 10.3 Å². The number of benzene rings is 1. The third kappa shape index (κ3) is 2.94. The summed E-state index contributed by atoms with van der Waals surface area (Å²) in [6.07, 6.45) is 0.952. The van der Waals surface area contributed by atoms with Crippen LogP contribution in [-0.2, 0) is 19.5 Å². The lowest BCUT2D eigenvalue weighted by atomic mass is 10.0. The van der Waals surface area contributed by atoms with Gasteiger partial charge in [0.1, 0.15) is 11.4 Å². The molecule has 0 unspecified atom stereocenters. The molecule has 2 heterocycles. The van der Waals surface area contributed by atoms with Crippen LogP contribution in [0.2, 0.25) is 0 Å². The first kappa shape index (κ1) is 13.4. The van der Waals surface area contributed by atoms with Gasteiger partial charge in [0.15, 0.2) is 0 Å². The molecule has 0 radical (unpaired) electrons. The Morgan fingerprint density at radius 3 is 3.00 bits per heavy atom. The average Bonchev–Trinajstić information content (AvgIpc) is 2.90. The number of ether oxygens (including phenoxy) is 1. The topological polar surface area (TPSA) is 54.1 Å². The number of hydrogen-bond donors (Lipinski definition) is 2. The summed E-state index contributed by atoms with van der Waals surface area (Å²) in [5.74, 6) is 1.00. The molecule has 0 saturated heterocycles. The summed E-state index contributed by atoms with van der Waals surface area (Å²) in [5.41, 5.74) is 3.36. The van der Waals surface area contributed by atoms with Crippen LogP contribution < -0.4 is 14.9 Å². The minimum atomic E-state index is -0.0927. The maximum atomic E-state index is 11.0. The van der Waals surface area contributed by atoms with E-state index in [1.54, 1.807) is 0 Å². The van der Waals surface area contributed by atoms with Crippen LogP contribution in [0.25, 0.3) is 0 Å². The number of aromatic amines is 1. The number of aromatic nitrogens is 1. The largest absolute Gasteiger partial charge is 0.487 e. The maximum absolute atomic E-state index is 11.0. The summed E-state index contributed by atoms with van der Waals surface area (Å²) < 4.78 is 5.87. The summed E-state index contributed by atoms with van der Waals surface area (Å²) in [4.78, 5) is 13.8. The number of rotatable bonds is 4. The highest BCUT2D eigenvalue weighted by Gasteiger charge is 2.29. The Morgan fingerprint density at radius 2 is 2.25 bits per heavy atom. The fraction of sp³-hybridized carbons (Fsp3) is 0.400. The monoisotopic (exact) mass is 290 g/mol. The molecular weight excluding hydrogens is 272 g/mol. The molecule has 0 fully saturated rings. The van der Waals surface area contributed by atoms with Gasteiger partial charge < -0.3 is 15.0 Å². The molecule has 5 heteroatoms. The molecule has 106 valence electrons. The Bertz CT molecular complexity index is 673. The van der Waals surface area contributed by atoms with Gasteiger partial charge in [-0.15, -0.1) is 0 Å². The van der Waals surface area contributed by atoms with Crippen LogP contribution in [0.3, 0.4) is 0 Å². The van der Waals surface area contributed by atoms with E-state index in [4.69, 9.17) is 4.74 Å². The number of thiazole rings is 1. The summed E-state index contributed by atoms with van der Waals surface area (Å²) >= 11 is 1.20. The molecule has 20 heavy (non-hydrogen) atoms. The van der Waals surface area contributed by atoms with Gasteiger partial charge in [-0.25, -0.2) is 0 Å². The van der Waals surface area contributed by atoms with Crippen molar-refractivity contribution in [3.05, 3.63) is 50.1 Å². The zero-order valence-electron chi connectivity index (χ0n) is 11.7. The van der Waals surface area contributed by atoms with Gasteiger partial charge in [-0.3, -0.25) is 4.79 Å². The highest BCUT2D eigenvalue weighted by molar-refractivity contribution is 7.07. The van der Waals surface area contributed by atoms with Crippen molar-refractivity contribution < 1.29 is 4.74 Å². The van der Waals surface area contributed by atoms with E-state index in [1.807, 2.05) is 11.4 Å². The van der Waals surface area contributed by atoms with Gasteiger partial charge in [-0.2, -0.15) is 0 Å². The van der Waals surface area contributed by atoms with Crippen molar-refractivity contribution >= 4 is 11.3 Å². The zero-order valence-corrected chi connectivity index (χ0v) is 12.5. The molecule has 0 aliphatic carbocycles. The van der Waals surface area contributed by atoms with E-state index >= 15 is 0 Å². The average molecular weight is 290 g/mol. The summed E-state index contributed by atoms with van der Waals surface area (Å²) in [7, 11) is 0. The lowest BCUT2D eigenvalue weighted by molar-refractivity contribution is 0.138. The van der Waals surface area contributed by atoms with Crippen LogP contribution in [0.15, 0.2) is 28.4 Å². The fourth-order valence-electron chi connectivity index (χ4n) is 2.51. The smallest absolute Gasteiger partial charge is 0.304 e. The van der Waals surface area contributed by atoms with Gasteiger partial charge >= 0.3 is 4.87 Å². The van der Waals surface area contributed by atoms with Gasteiger partial charge in [0.2, 0.25) is 0 Å². The molecule has 0 atom stereocenters. The highest BCUT2D eigenvalue weighted by Crippen LogP contribution is 2.35. The minimum Gasteiger partial charge on any atom is -0.487 e. The van der Waals surface area contributed by atoms with Gasteiger partial charge in [0.05, 0.1) is 0 Å². The Morgan fingerprint density at radius 1 is 1.40 bits per heavy atom. The predicted octanol–water partition coefficient (Wildman–Crippen LogP) is 2.44. The summed E-state index contributed by atoms with van der Waals surface area (Å²) in [6.45, 7) is 5.68. The minimum absolute atomic E-state index is 0.00119. The second-order valence-electron chi connectivity index (χ2n) is 5.76. The van der Waals surface area contributed by atoms with Gasteiger partial charge in [-0.05, 0) is 31.0 Å². The first-order chi connectivity index (χ1) is 9.52. The molecular formula is C15H18N2O2S. The molecule has 4 nitrogen and oxygen atoms in total. The van der Waals surface area contributed by atoms with Crippen LogP contribution >= 0.6 is 11.3 Å². The second-order valence-corrected chi connectivity index (χ2v) is 6.60. The highest BCUT2D eigenvalue weighted by atomic mass is 32.1. The Kier molecular flexibility index (Phi) is 3.40. The normalized spacial score (nSPS) is 15.9. The van der Waals surface area contributed by atoms with E-state index in [0.717, 1.165) is 24.4 Å². The Labute approximate surface area is 121 Å². The SMILES string of the molecule is CC1(C)Cc2cc(CNCc3csc(=O)[nH]3)ccc2O1. The van der Waals surface area contributed by atoms with Crippen molar-refractivity contribution in [1.29, 1.82) is 0 Å². The van der Waals surface area contributed by atoms with Crippen LogP contribution in [0.4, 0.5) is 0 Å². The first-order valence-electron chi connectivity index (χ1n) is 6.70. The molecule has 2 aromatic rings. The molecule has 0 amide bonds. The third-order valence-corrected chi connectivity index (χ3v) is 4.06. The molecule has 3 rings (SSSR count). The van der Waals surface area contributed by atoms with Crippen LogP contribution in [0.5, 0.6) is 5.75 Å². The molecule has 0 bridgehead atoms. The van der Waals surface area contributed by atoms with E-state index < -0.39 is 0 Å². The molecule has 1 aliphatic heterocycles. The van der Waals surface area contributed by atoms with E-state index in [-0.39, 0.29) is 10.5 Å². The molecule has 1 aromatic carbocycles. The van der Waals surface area contributed by atoms with E-state index in [0.29, 0.717) is 6.54 Å². The number of fused-ring (bicyclic) bond motifs is 1. The lowest BCUT2D eigenvalue weighted by Gasteiger charge is -2.16. The molecule has 1 aliphatic rings. The molecule has 0 saturated carbocycles. The van der Waals surface area contributed by atoms with Gasteiger partial charge in [-0.1, -0.05) is 23.5 Å². The summed E-state index contributed by atoms with van der Waals surface area (Å²) in [6, 6.07) is 6.34. The first-order valence-corrected chi connectivity index (χ1v) is 7.58. The van der Waals surface area contributed by atoms with Crippen molar-refractivity contribution in [3.63, 3.8) is 0 Å². The van der Waals surface area contributed by atoms with Gasteiger partial charge in [0, 0.05) is 30.6 Å². The Balaban J connectivity index is 1.61. The van der Waals surface area contributed by atoms with E-state index in [9.17, 15) is 4.79 Å². The number of nitrogens with one attached hydrogen (secondary N) is 2. The molecule has 1 aromatic heterocycles. The van der Waals surface area contributed by atoms with Crippen molar-refractivity contribution in [2.75, 3.05) is 0 Å². The quantitative estimate of drug-likeness (QED) is 0.909. The maximum Gasteiger partial charge on any atom is 0.304 e.